The molecule has 0 saturated carbocycles. The Morgan fingerprint density at radius 1 is 1.08 bits per heavy atom. The van der Waals surface area contributed by atoms with Crippen molar-refractivity contribution < 1.29 is 23.8 Å². The molecule has 4 atom stereocenters. The van der Waals surface area contributed by atoms with Gasteiger partial charge in [-0.3, -0.25) is 9.59 Å². The number of Topliss-reactive ketones (excluding diaryl/α,β-unsaturated/α-hetero) is 1. The van der Waals surface area contributed by atoms with Crippen molar-refractivity contribution in [1.82, 2.24) is 0 Å². The number of carbonyl (C=O) groups is 2. The fourth-order valence-corrected chi connectivity index (χ4v) is 6.30. The zero-order valence-electron chi connectivity index (χ0n) is 22.8. The van der Waals surface area contributed by atoms with Crippen molar-refractivity contribution in [2.45, 2.75) is 78.3 Å². The lowest BCUT2D eigenvalue weighted by atomic mass is 9.90. The number of rotatable bonds is 3. The smallest absolute Gasteiger partial charge is 0.314 e. The first-order valence-corrected chi connectivity index (χ1v) is 14.3. The predicted octanol–water partition coefficient (Wildman–Crippen LogP) is 6.88. The van der Waals surface area contributed by atoms with Crippen LogP contribution in [-0.2, 0) is 30.2 Å². The third-order valence-corrected chi connectivity index (χ3v) is 8.11. The molecule has 4 rings (SSSR count). The summed E-state index contributed by atoms with van der Waals surface area (Å²) >= 11 is 1.61. The molecule has 2 aromatic rings. The number of fused-ring (bicyclic) bond motifs is 2. The van der Waals surface area contributed by atoms with E-state index in [1.54, 1.807) is 11.8 Å². The van der Waals surface area contributed by atoms with Crippen LogP contribution in [0.15, 0.2) is 47.4 Å². The van der Waals surface area contributed by atoms with Gasteiger partial charge in [-0.1, -0.05) is 61.9 Å². The lowest BCUT2D eigenvalue weighted by Crippen LogP contribution is -2.43. The SMILES string of the molecule is CC[C@@H]1OC(=O)CC(=O)[C@]2(CO[C@@H](c3c(C)cc(C)cc3C)O2)C/C(SC)=C\[C@@H](C)Cc2cccc1c2. The Morgan fingerprint density at radius 3 is 2.49 bits per heavy atom. The van der Waals surface area contributed by atoms with Crippen molar-refractivity contribution in [3.63, 3.8) is 0 Å². The Balaban J connectivity index is 1.71. The van der Waals surface area contributed by atoms with Gasteiger partial charge in [-0.05, 0) is 72.9 Å². The molecule has 198 valence electrons. The number of allylic oxidation sites excluding steroid dienone is 1. The summed E-state index contributed by atoms with van der Waals surface area (Å²) in [6.07, 6.45) is 4.69. The molecule has 0 radical (unpaired) electrons. The average Bonchev–Trinajstić information content (AvgIpc) is 3.25. The van der Waals surface area contributed by atoms with Gasteiger partial charge in [-0.25, -0.2) is 0 Å². The van der Waals surface area contributed by atoms with Gasteiger partial charge in [0.15, 0.2) is 17.7 Å². The van der Waals surface area contributed by atoms with Crippen molar-refractivity contribution in [3.8, 4) is 0 Å². The van der Waals surface area contributed by atoms with Gasteiger partial charge < -0.3 is 14.2 Å². The van der Waals surface area contributed by atoms with E-state index in [1.807, 2.05) is 39.2 Å². The number of cyclic esters (lactones) is 1. The third-order valence-electron chi connectivity index (χ3n) is 7.30. The van der Waals surface area contributed by atoms with E-state index in [1.165, 1.54) is 11.1 Å². The zero-order valence-corrected chi connectivity index (χ0v) is 23.6. The quantitative estimate of drug-likeness (QED) is 0.323. The molecule has 5 nitrogen and oxygen atoms in total. The highest BCUT2D eigenvalue weighted by Crippen LogP contribution is 2.43. The summed E-state index contributed by atoms with van der Waals surface area (Å²) in [5.41, 5.74) is 5.15. The monoisotopic (exact) mass is 522 g/mol. The van der Waals surface area contributed by atoms with Crippen LogP contribution in [0.2, 0.25) is 0 Å². The van der Waals surface area contributed by atoms with Crippen LogP contribution in [-0.4, -0.2) is 30.2 Å². The predicted molar refractivity (Wildman–Crippen MR) is 147 cm³/mol. The van der Waals surface area contributed by atoms with E-state index in [9.17, 15) is 9.59 Å². The Kier molecular flexibility index (Phi) is 8.62. The Hall–Kier alpha value is -2.41. The van der Waals surface area contributed by atoms with Crippen LogP contribution in [0.1, 0.15) is 78.9 Å². The van der Waals surface area contributed by atoms with Crippen molar-refractivity contribution in [1.29, 1.82) is 0 Å². The number of carbonyl (C=O) groups excluding carboxylic acids is 2. The molecule has 6 heteroatoms. The average molecular weight is 523 g/mol. The maximum atomic E-state index is 13.8. The minimum Gasteiger partial charge on any atom is -0.457 e. The first kappa shape index (κ1) is 27.6. The van der Waals surface area contributed by atoms with Crippen LogP contribution in [0.4, 0.5) is 0 Å². The molecule has 1 saturated heterocycles. The van der Waals surface area contributed by atoms with Crippen molar-refractivity contribution >= 4 is 23.5 Å². The molecular formula is C31H38O5S. The second kappa shape index (κ2) is 11.5. The van der Waals surface area contributed by atoms with Crippen LogP contribution in [0.5, 0.6) is 0 Å². The summed E-state index contributed by atoms with van der Waals surface area (Å²) in [7, 11) is 0. The second-order valence-electron chi connectivity index (χ2n) is 10.5. The third kappa shape index (κ3) is 6.19. The van der Waals surface area contributed by atoms with E-state index in [0.717, 1.165) is 33.6 Å². The summed E-state index contributed by atoms with van der Waals surface area (Å²) in [6, 6.07) is 12.4. The Bertz CT molecular complexity index is 1180. The largest absolute Gasteiger partial charge is 0.457 e. The summed E-state index contributed by atoms with van der Waals surface area (Å²) in [5, 5.41) is 0. The summed E-state index contributed by atoms with van der Waals surface area (Å²) < 4.78 is 18.5. The normalized spacial score (nSPS) is 28.5. The fraction of sp³-hybridized carbons (Fsp3) is 0.484. The van der Waals surface area contributed by atoms with Gasteiger partial charge in [-0.2, -0.15) is 0 Å². The molecule has 0 unspecified atom stereocenters. The fourth-order valence-electron chi connectivity index (χ4n) is 5.55. The lowest BCUT2D eigenvalue weighted by Gasteiger charge is -2.28. The first-order valence-electron chi connectivity index (χ1n) is 13.1. The number of thioether (sulfide) groups is 1. The maximum Gasteiger partial charge on any atom is 0.314 e. The molecule has 2 aromatic carbocycles. The van der Waals surface area contributed by atoms with E-state index in [-0.39, 0.29) is 24.7 Å². The minimum absolute atomic E-state index is 0.0963. The van der Waals surface area contributed by atoms with E-state index in [4.69, 9.17) is 14.2 Å². The van der Waals surface area contributed by atoms with Gasteiger partial charge in [0.2, 0.25) is 0 Å². The van der Waals surface area contributed by atoms with Crippen LogP contribution < -0.4 is 0 Å². The van der Waals surface area contributed by atoms with Crippen LogP contribution in [0, 0.1) is 26.7 Å². The topological polar surface area (TPSA) is 61.8 Å². The van der Waals surface area contributed by atoms with E-state index < -0.39 is 24.0 Å². The molecule has 0 amide bonds. The molecule has 37 heavy (non-hydrogen) atoms. The first-order chi connectivity index (χ1) is 17.6. The highest BCUT2D eigenvalue weighted by molar-refractivity contribution is 8.02. The molecule has 0 N–H and O–H groups in total. The van der Waals surface area contributed by atoms with E-state index in [0.29, 0.717) is 12.8 Å². The highest BCUT2D eigenvalue weighted by atomic mass is 32.2. The van der Waals surface area contributed by atoms with Crippen LogP contribution >= 0.6 is 11.8 Å². The highest BCUT2D eigenvalue weighted by Gasteiger charge is 2.49. The number of esters is 1. The standard InChI is InChI=1S/C31H38O5S/c1-7-26-24-10-8-9-23(15-24)13-20(3)14-25(37-6)17-31(27(32)16-28(33)35-26)18-34-30(36-31)29-21(4)11-19(2)12-22(29)5/h8-12,14-15,20,26,30H,7,13,16-18H2,1-6H3/b25-14+/t20-,26-,30+,31+/m0/s1. The number of benzene rings is 2. The summed E-state index contributed by atoms with van der Waals surface area (Å²) in [4.78, 5) is 27.9. The maximum absolute atomic E-state index is 13.8. The second-order valence-corrected chi connectivity index (χ2v) is 11.4. The molecular weight excluding hydrogens is 484 g/mol. The zero-order chi connectivity index (χ0) is 26.7. The molecule has 1 spiro atoms. The van der Waals surface area contributed by atoms with Gasteiger partial charge in [-0.15, -0.1) is 11.8 Å². The van der Waals surface area contributed by atoms with Gasteiger partial charge >= 0.3 is 5.97 Å². The van der Waals surface area contributed by atoms with Crippen LogP contribution in [0.3, 0.4) is 0 Å². The number of aryl methyl sites for hydroxylation is 3. The number of hydrogen-bond acceptors (Lipinski definition) is 6. The van der Waals surface area contributed by atoms with Crippen molar-refractivity contribution in [3.05, 3.63) is 80.8 Å². The lowest BCUT2D eigenvalue weighted by molar-refractivity contribution is -0.158. The summed E-state index contributed by atoms with van der Waals surface area (Å²) in [5.74, 6) is -0.567. The Labute approximate surface area is 225 Å². The van der Waals surface area contributed by atoms with E-state index in [2.05, 4.69) is 44.2 Å². The molecule has 1 fully saturated rings. The van der Waals surface area contributed by atoms with Crippen molar-refractivity contribution in [2.24, 2.45) is 5.92 Å². The molecule has 2 heterocycles. The molecule has 2 aliphatic heterocycles. The number of ketones is 1. The Morgan fingerprint density at radius 2 is 1.81 bits per heavy atom. The van der Waals surface area contributed by atoms with Crippen LogP contribution in [0.25, 0.3) is 0 Å². The number of ether oxygens (including phenoxy) is 3. The minimum atomic E-state index is -1.25. The van der Waals surface area contributed by atoms with Gasteiger partial charge in [0.05, 0.1) is 6.61 Å². The molecule has 2 bridgehead atoms. The van der Waals surface area contributed by atoms with E-state index >= 15 is 0 Å². The van der Waals surface area contributed by atoms with Gasteiger partial charge in [0, 0.05) is 12.0 Å². The number of hydrogen-bond donors (Lipinski definition) is 0. The van der Waals surface area contributed by atoms with Crippen molar-refractivity contribution in [2.75, 3.05) is 12.9 Å². The van der Waals surface area contributed by atoms with Gasteiger partial charge in [0.1, 0.15) is 12.5 Å². The molecule has 0 aliphatic carbocycles. The molecule has 2 aliphatic rings. The van der Waals surface area contributed by atoms with Gasteiger partial charge in [0.25, 0.3) is 0 Å². The molecule has 0 aromatic heterocycles. The summed E-state index contributed by atoms with van der Waals surface area (Å²) in [6.45, 7) is 10.4.